The fourth-order valence-corrected chi connectivity index (χ4v) is 2.99. The van der Waals surface area contributed by atoms with E-state index in [0.29, 0.717) is 6.54 Å². The predicted molar refractivity (Wildman–Crippen MR) is 105 cm³/mol. The second-order valence-corrected chi connectivity index (χ2v) is 6.60. The molecule has 0 atom stereocenters. The zero-order valence-electron chi connectivity index (χ0n) is 15.9. The molecule has 0 aliphatic heterocycles. The number of carboxylic acid groups (broad SMARTS) is 1. The van der Waals surface area contributed by atoms with E-state index in [0.717, 1.165) is 31.0 Å². The zero-order valence-corrected chi connectivity index (χ0v) is 15.9. The van der Waals surface area contributed by atoms with Gasteiger partial charge in [0.2, 0.25) is 0 Å². The van der Waals surface area contributed by atoms with Crippen LogP contribution in [0, 0.1) is 0 Å². The van der Waals surface area contributed by atoms with Crippen molar-refractivity contribution >= 4 is 5.97 Å². The summed E-state index contributed by atoms with van der Waals surface area (Å²) in [6, 6.07) is 18.3. The van der Waals surface area contributed by atoms with Gasteiger partial charge in [0.05, 0.1) is 19.0 Å². The van der Waals surface area contributed by atoms with Gasteiger partial charge in [-0.15, -0.1) is 5.10 Å². The standard InChI is InChI=1S/C21H24N4O3/c1-28-20-9-7-17(8-10-20)11-12-24(13-18-5-3-2-4-6-18)14-19-15-25(23-22-19)16-21(26)27/h2-10,15H,11-14,16H2,1H3,(H,26,27). The van der Waals surface area contributed by atoms with Crippen LogP contribution < -0.4 is 4.74 Å². The SMILES string of the molecule is COc1ccc(CCN(Cc2ccccc2)Cc2cn(CC(=O)O)nn2)cc1. The largest absolute Gasteiger partial charge is 0.497 e. The molecule has 1 heterocycles. The van der Waals surface area contributed by atoms with Gasteiger partial charge in [-0.25, -0.2) is 4.68 Å². The highest BCUT2D eigenvalue weighted by Gasteiger charge is 2.11. The van der Waals surface area contributed by atoms with E-state index in [1.165, 1.54) is 15.8 Å². The van der Waals surface area contributed by atoms with Crippen LogP contribution in [0.1, 0.15) is 16.8 Å². The maximum absolute atomic E-state index is 10.8. The summed E-state index contributed by atoms with van der Waals surface area (Å²) < 4.78 is 6.56. The van der Waals surface area contributed by atoms with Gasteiger partial charge in [0.15, 0.2) is 0 Å². The fourth-order valence-electron chi connectivity index (χ4n) is 2.99. The molecule has 0 unspecified atom stereocenters. The van der Waals surface area contributed by atoms with Crippen LogP contribution in [0.2, 0.25) is 0 Å². The van der Waals surface area contributed by atoms with E-state index in [-0.39, 0.29) is 6.54 Å². The van der Waals surface area contributed by atoms with Crippen LogP contribution in [0.5, 0.6) is 5.75 Å². The lowest BCUT2D eigenvalue weighted by Crippen LogP contribution is -2.25. The molecule has 3 rings (SSSR count). The predicted octanol–water partition coefficient (Wildman–Crippen LogP) is 2.62. The number of ether oxygens (including phenoxy) is 1. The van der Waals surface area contributed by atoms with Crippen LogP contribution in [0.25, 0.3) is 0 Å². The average Bonchev–Trinajstić information content (AvgIpc) is 3.13. The number of aromatic nitrogens is 3. The Morgan fingerprint density at radius 2 is 1.82 bits per heavy atom. The van der Waals surface area contributed by atoms with Gasteiger partial charge in [-0.3, -0.25) is 9.69 Å². The first-order valence-electron chi connectivity index (χ1n) is 9.12. The molecule has 1 aromatic heterocycles. The molecule has 146 valence electrons. The summed E-state index contributed by atoms with van der Waals surface area (Å²) in [4.78, 5) is 13.1. The lowest BCUT2D eigenvalue weighted by molar-refractivity contribution is -0.137. The molecule has 7 nitrogen and oxygen atoms in total. The zero-order chi connectivity index (χ0) is 19.8. The van der Waals surface area contributed by atoms with Crippen molar-refractivity contribution in [2.24, 2.45) is 0 Å². The van der Waals surface area contributed by atoms with Gasteiger partial charge >= 0.3 is 5.97 Å². The van der Waals surface area contributed by atoms with Gasteiger partial charge in [-0.1, -0.05) is 47.7 Å². The van der Waals surface area contributed by atoms with Crippen LogP contribution in [0.15, 0.2) is 60.8 Å². The summed E-state index contributed by atoms with van der Waals surface area (Å²) in [7, 11) is 1.66. The number of benzene rings is 2. The van der Waals surface area contributed by atoms with E-state index in [4.69, 9.17) is 9.84 Å². The number of carboxylic acids is 1. The topological polar surface area (TPSA) is 80.5 Å². The maximum atomic E-state index is 10.8. The molecule has 0 aliphatic rings. The van der Waals surface area contributed by atoms with Gasteiger partial charge in [-0.05, 0) is 29.7 Å². The molecule has 1 N–H and O–H groups in total. The number of rotatable bonds is 10. The molecule has 0 aliphatic carbocycles. The molecular formula is C21H24N4O3. The molecule has 0 bridgehead atoms. The average molecular weight is 380 g/mol. The first kappa shape index (κ1) is 19.6. The molecule has 28 heavy (non-hydrogen) atoms. The van der Waals surface area contributed by atoms with Crippen molar-refractivity contribution < 1.29 is 14.6 Å². The van der Waals surface area contributed by atoms with Crippen LogP contribution in [-0.2, 0) is 30.8 Å². The molecular weight excluding hydrogens is 356 g/mol. The summed E-state index contributed by atoms with van der Waals surface area (Å²) >= 11 is 0. The van der Waals surface area contributed by atoms with Crippen LogP contribution >= 0.6 is 0 Å². The minimum absolute atomic E-state index is 0.183. The van der Waals surface area contributed by atoms with Crippen molar-refractivity contribution in [3.05, 3.63) is 77.6 Å². The molecule has 0 saturated heterocycles. The van der Waals surface area contributed by atoms with E-state index >= 15 is 0 Å². The molecule has 2 aromatic carbocycles. The number of methoxy groups -OCH3 is 1. The number of hydrogen-bond donors (Lipinski definition) is 1. The monoisotopic (exact) mass is 380 g/mol. The molecule has 0 amide bonds. The van der Waals surface area contributed by atoms with Crippen molar-refractivity contribution in [1.29, 1.82) is 0 Å². The van der Waals surface area contributed by atoms with E-state index in [2.05, 4.69) is 39.5 Å². The van der Waals surface area contributed by atoms with Gasteiger partial charge in [-0.2, -0.15) is 0 Å². The summed E-state index contributed by atoms with van der Waals surface area (Å²) in [5, 5.41) is 16.9. The molecule has 0 fully saturated rings. The maximum Gasteiger partial charge on any atom is 0.325 e. The highest BCUT2D eigenvalue weighted by Crippen LogP contribution is 2.14. The highest BCUT2D eigenvalue weighted by atomic mass is 16.5. The molecule has 0 spiro atoms. The summed E-state index contributed by atoms with van der Waals surface area (Å²) in [6.45, 7) is 2.04. The number of hydrogen-bond acceptors (Lipinski definition) is 5. The minimum Gasteiger partial charge on any atom is -0.497 e. The van der Waals surface area contributed by atoms with Crippen LogP contribution in [0.3, 0.4) is 0 Å². The lowest BCUT2D eigenvalue weighted by atomic mass is 10.1. The number of carbonyl (C=O) groups is 1. The third-order valence-electron chi connectivity index (χ3n) is 4.39. The van der Waals surface area contributed by atoms with Crippen molar-refractivity contribution in [1.82, 2.24) is 19.9 Å². The van der Waals surface area contributed by atoms with E-state index in [9.17, 15) is 4.79 Å². The highest BCUT2D eigenvalue weighted by molar-refractivity contribution is 5.66. The van der Waals surface area contributed by atoms with Crippen LogP contribution in [-0.4, -0.2) is 44.6 Å². The second-order valence-electron chi connectivity index (χ2n) is 6.60. The van der Waals surface area contributed by atoms with E-state index in [1.54, 1.807) is 13.3 Å². The van der Waals surface area contributed by atoms with Gasteiger partial charge in [0.25, 0.3) is 0 Å². The van der Waals surface area contributed by atoms with E-state index in [1.807, 2.05) is 30.3 Å². The smallest absolute Gasteiger partial charge is 0.325 e. The van der Waals surface area contributed by atoms with Gasteiger partial charge in [0, 0.05) is 19.6 Å². The van der Waals surface area contributed by atoms with Crippen molar-refractivity contribution in [2.45, 2.75) is 26.1 Å². The van der Waals surface area contributed by atoms with Gasteiger partial charge < -0.3 is 9.84 Å². The Labute approximate surface area is 164 Å². The third kappa shape index (κ3) is 5.92. The van der Waals surface area contributed by atoms with Crippen molar-refractivity contribution in [3.8, 4) is 5.75 Å². The fraction of sp³-hybridized carbons (Fsp3) is 0.286. The Hall–Kier alpha value is -3.19. The molecule has 0 saturated carbocycles. The van der Waals surface area contributed by atoms with Crippen molar-refractivity contribution in [3.63, 3.8) is 0 Å². The van der Waals surface area contributed by atoms with Gasteiger partial charge in [0.1, 0.15) is 12.3 Å². The first-order chi connectivity index (χ1) is 13.6. The molecule has 3 aromatic rings. The number of nitrogens with zero attached hydrogens (tertiary/aromatic N) is 4. The Bertz CT molecular complexity index is 878. The Kier molecular flexibility index (Phi) is 6.75. The summed E-state index contributed by atoms with van der Waals surface area (Å²) in [6.07, 6.45) is 2.58. The molecule has 0 radical (unpaired) electrons. The first-order valence-corrected chi connectivity index (χ1v) is 9.12. The normalized spacial score (nSPS) is 10.9. The summed E-state index contributed by atoms with van der Waals surface area (Å²) in [5.74, 6) is -0.0861. The Morgan fingerprint density at radius 3 is 2.50 bits per heavy atom. The second kappa shape index (κ2) is 9.66. The number of aliphatic carboxylic acids is 1. The Balaban J connectivity index is 1.67. The minimum atomic E-state index is -0.933. The Morgan fingerprint density at radius 1 is 1.07 bits per heavy atom. The molecule has 7 heteroatoms. The summed E-state index contributed by atoms with van der Waals surface area (Å²) in [5.41, 5.74) is 3.20. The van der Waals surface area contributed by atoms with Crippen molar-refractivity contribution in [2.75, 3.05) is 13.7 Å². The lowest BCUT2D eigenvalue weighted by Gasteiger charge is -2.21. The van der Waals surface area contributed by atoms with Crippen LogP contribution in [0.4, 0.5) is 0 Å². The van der Waals surface area contributed by atoms with E-state index < -0.39 is 5.97 Å². The third-order valence-corrected chi connectivity index (χ3v) is 4.39. The quantitative estimate of drug-likeness (QED) is 0.582.